The van der Waals surface area contributed by atoms with E-state index in [0.29, 0.717) is 30.9 Å². The maximum Gasteiger partial charge on any atom is 0.261 e. The monoisotopic (exact) mass is 455 g/mol. The molecule has 0 bridgehead atoms. The molecule has 3 rings (SSSR count). The summed E-state index contributed by atoms with van der Waals surface area (Å²) in [5, 5.41) is 2.79. The van der Waals surface area contributed by atoms with Gasteiger partial charge in [-0.3, -0.25) is 14.3 Å². The number of hydrogen-bond acceptors (Lipinski definition) is 4. The van der Waals surface area contributed by atoms with Crippen molar-refractivity contribution in [3.8, 4) is 0 Å². The number of benzene rings is 2. The number of nitrogens with one attached hydrogen (secondary N) is 2. The minimum absolute atomic E-state index is 0.0858. The number of carbonyl (C=O) groups is 2. The number of carbonyl (C=O) groups excluding carboxylic acids is 2. The molecular weight excluding hydrogens is 426 g/mol. The highest BCUT2D eigenvalue weighted by Gasteiger charge is 2.29. The fraction of sp³-hybridized carbons (Fsp3) is 0.333. The Bertz CT molecular complexity index is 1130. The standard InChI is InChI=1S/C24H29N3O4S/c1-4-12-25-23(28)20-8-6-13-27(16-20)24(29)19-7-5-9-21(15-19)26-32(30,31)22-11-10-17(2)18(3)14-22/h4-5,7,9-11,14-15,20,26H,1,6,8,12-13,16H2,2-3H3,(H,25,28)/t20-/m0/s1. The Hall–Kier alpha value is -3.13. The summed E-state index contributed by atoms with van der Waals surface area (Å²) in [6.45, 7) is 8.66. The summed E-state index contributed by atoms with van der Waals surface area (Å²) < 4.78 is 28.1. The molecule has 1 atom stereocenters. The molecule has 170 valence electrons. The van der Waals surface area contributed by atoms with Gasteiger partial charge in [-0.25, -0.2) is 8.42 Å². The highest BCUT2D eigenvalue weighted by Crippen LogP contribution is 2.22. The topological polar surface area (TPSA) is 95.6 Å². The van der Waals surface area contributed by atoms with Gasteiger partial charge in [0.2, 0.25) is 5.91 Å². The predicted octanol–water partition coefficient (Wildman–Crippen LogP) is 3.26. The van der Waals surface area contributed by atoms with Gasteiger partial charge in [0.25, 0.3) is 15.9 Å². The van der Waals surface area contributed by atoms with Crippen molar-refractivity contribution in [1.82, 2.24) is 10.2 Å². The van der Waals surface area contributed by atoms with E-state index in [-0.39, 0.29) is 22.6 Å². The van der Waals surface area contributed by atoms with Crippen molar-refractivity contribution in [3.05, 3.63) is 71.8 Å². The molecule has 2 aromatic carbocycles. The lowest BCUT2D eigenvalue weighted by atomic mass is 9.96. The van der Waals surface area contributed by atoms with E-state index >= 15 is 0 Å². The number of nitrogens with zero attached hydrogens (tertiary/aromatic N) is 1. The first-order valence-electron chi connectivity index (χ1n) is 10.6. The summed E-state index contributed by atoms with van der Waals surface area (Å²) in [6.07, 6.45) is 3.08. The molecule has 1 saturated heterocycles. The molecule has 0 aromatic heterocycles. The average molecular weight is 456 g/mol. The van der Waals surface area contributed by atoms with Gasteiger partial charge in [-0.2, -0.15) is 0 Å². The normalized spacial score (nSPS) is 16.3. The third kappa shape index (κ3) is 5.56. The van der Waals surface area contributed by atoms with Gasteiger partial charge in [0.15, 0.2) is 0 Å². The van der Waals surface area contributed by atoms with Crippen LogP contribution in [0.3, 0.4) is 0 Å². The zero-order chi connectivity index (χ0) is 23.3. The second-order valence-corrected chi connectivity index (χ2v) is 9.74. The number of aryl methyl sites for hydroxylation is 2. The van der Waals surface area contributed by atoms with Crippen molar-refractivity contribution >= 4 is 27.5 Å². The third-order valence-corrected chi connectivity index (χ3v) is 7.03. The van der Waals surface area contributed by atoms with Gasteiger partial charge < -0.3 is 10.2 Å². The molecule has 1 heterocycles. The first-order chi connectivity index (χ1) is 15.2. The zero-order valence-electron chi connectivity index (χ0n) is 18.4. The Kier molecular flexibility index (Phi) is 7.35. The second-order valence-electron chi connectivity index (χ2n) is 8.06. The van der Waals surface area contributed by atoms with Crippen LogP contribution in [-0.2, 0) is 14.8 Å². The maximum atomic E-state index is 13.1. The Morgan fingerprint density at radius 1 is 1.16 bits per heavy atom. The highest BCUT2D eigenvalue weighted by atomic mass is 32.2. The van der Waals surface area contributed by atoms with Crippen LogP contribution in [0, 0.1) is 19.8 Å². The summed E-state index contributed by atoms with van der Waals surface area (Å²) in [6, 6.07) is 11.4. The van der Waals surface area contributed by atoms with Crippen LogP contribution < -0.4 is 10.0 Å². The van der Waals surface area contributed by atoms with Crippen molar-refractivity contribution in [2.45, 2.75) is 31.6 Å². The van der Waals surface area contributed by atoms with Crippen molar-refractivity contribution < 1.29 is 18.0 Å². The fourth-order valence-electron chi connectivity index (χ4n) is 3.69. The SMILES string of the molecule is C=CCNC(=O)[C@H]1CCCN(C(=O)c2cccc(NS(=O)(=O)c3ccc(C)c(C)c3)c2)C1. The van der Waals surface area contributed by atoms with E-state index in [2.05, 4.69) is 16.6 Å². The quantitative estimate of drug-likeness (QED) is 0.627. The van der Waals surface area contributed by atoms with Crippen LogP contribution in [0.25, 0.3) is 0 Å². The van der Waals surface area contributed by atoms with Crippen LogP contribution in [0.15, 0.2) is 60.0 Å². The number of hydrogen-bond donors (Lipinski definition) is 2. The second kappa shape index (κ2) is 9.99. The number of amides is 2. The largest absolute Gasteiger partial charge is 0.352 e. The van der Waals surface area contributed by atoms with Crippen LogP contribution in [0.5, 0.6) is 0 Å². The molecule has 2 N–H and O–H groups in total. The van der Waals surface area contributed by atoms with E-state index in [0.717, 1.165) is 24.0 Å². The molecule has 0 unspecified atom stereocenters. The molecular formula is C24H29N3O4S. The first kappa shape index (κ1) is 23.5. The summed E-state index contributed by atoms with van der Waals surface area (Å²) >= 11 is 0. The molecule has 0 spiro atoms. The van der Waals surface area contributed by atoms with Gasteiger partial charge in [-0.05, 0) is 68.1 Å². The van der Waals surface area contributed by atoms with E-state index in [1.165, 1.54) is 6.07 Å². The van der Waals surface area contributed by atoms with Gasteiger partial charge in [0.05, 0.1) is 10.8 Å². The molecule has 2 amide bonds. The molecule has 2 aromatic rings. The average Bonchev–Trinajstić information content (AvgIpc) is 2.78. The zero-order valence-corrected chi connectivity index (χ0v) is 19.2. The van der Waals surface area contributed by atoms with E-state index in [4.69, 9.17) is 0 Å². The summed E-state index contributed by atoms with van der Waals surface area (Å²) in [5.74, 6) is -0.574. The van der Waals surface area contributed by atoms with Crippen LogP contribution in [0.1, 0.15) is 34.3 Å². The number of sulfonamides is 1. The number of likely N-dealkylation sites (tertiary alicyclic amines) is 1. The Balaban J connectivity index is 1.73. The molecule has 32 heavy (non-hydrogen) atoms. The van der Waals surface area contributed by atoms with E-state index in [1.807, 2.05) is 13.8 Å². The lowest BCUT2D eigenvalue weighted by Gasteiger charge is -2.32. The predicted molar refractivity (Wildman–Crippen MR) is 125 cm³/mol. The van der Waals surface area contributed by atoms with E-state index in [1.54, 1.807) is 47.4 Å². The van der Waals surface area contributed by atoms with Gasteiger partial charge in [0, 0.05) is 30.9 Å². The van der Waals surface area contributed by atoms with E-state index < -0.39 is 10.0 Å². The molecule has 8 heteroatoms. The van der Waals surface area contributed by atoms with Crippen LogP contribution in [0.2, 0.25) is 0 Å². The molecule has 7 nitrogen and oxygen atoms in total. The van der Waals surface area contributed by atoms with Gasteiger partial charge in [-0.15, -0.1) is 6.58 Å². The van der Waals surface area contributed by atoms with Gasteiger partial charge in [-0.1, -0.05) is 18.2 Å². The molecule has 0 radical (unpaired) electrons. The maximum absolute atomic E-state index is 13.1. The van der Waals surface area contributed by atoms with Crippen molar-refractivity contribution in [1.29, 1.82) is 0 Å². The lowest BCUT2D eigenvalue weighted by molar-refractivity contribution is -0.126. The minimum Gasteiger partial charge on any atom is -0.352 e. The van der Waals surface area contributed by atoms with Crippen LogP contribution in [0.4, 0.5) is 5.69 Å². The molecule has 0 saturated carbocycles. The van der Waals surface area contributed by atoms with E-state index in [9.17, 15) is 18.0 Å². The minimum atomic E-state index is -3.78. The van der Waals surface area contributed by atoms with Crippen LogP contribution in [-0.4, -0.2) is 44.8 Å². The Morgan fingerprint density at radius 2 is 1.94 bits per heavy atom. The highest BCUT2D eigenvalue weighted by molar-refractivity contribution is 7.92. The number of anilines is 1. The Morgan fingerprint density at radius 3 is 2.66 bits per heavy atom. The van der Waals surface area contributed by atoms with Crippen molar-refractivity contribution in [2.24, 2.45) is 5.92 Å². The summed E-state index contributed by atoms with van der Waals surface area (Å²) in [5.41, 5.74) is 2.58. The molecule has 0 aliphatic carbocycles. The van der Waals surface area contributed by atoms with Gasteiger partial charge >= 0.3 is 0 Å². The van der Waals surface area contributed by atoms with Crippen LogP contribution >= 0.6 is 0 Å². The molecule has 1 aliphatic heterocycles. The number of rotatable bonds is 7. The van der Waals surface area contributed by atoms with Crippen molar-refractivity contribution in [3.63, 3.8) is 0 Å². The third-order valence-electron chi connectivity index (χ3n) is 5.65. The smallest absolute Gasteiger partial charge is 0.261 e. The van der Waals surface area contributed by atoms with Crippen molar-refractivity contribution in [2.75, 3.05) is 24.4 Å². The molecule has 1 aliphatic rings. The Labute approximate surface area is 189 Å². The summed E-state index contributed by atoms with van der Waals surface area (Å²) in [7, 11) is -3.78. The number of piperidine rings is 1. The first-order valence-corrected chi connectivity index (χ1v) is 12.1. The van der Waals surface area contributed by atoms with Gasteiger partial charge in [0.1, 0.15) is 0 Å². The lowest BCUT2D eigenvalue weighted by Crippen LogP contribution is -2.45. The summed E-state index contributed by atoms with van der Waals surface area (Å²) in [4.78, 5) is 27.2. The molecule has 1 fully saturated rings. The fourth-order valence-corrected chi connectivity index (χ4v) is 4.82.